The second-order valence-corrected chi connectivity index (χ2v) is 5.17. The molecule has 1 aromatic rings. The predicted molar refractivity (Wildman–Crippen MR) is 71.7 cm³/mol. The average molecular weight is 325 g/mol. The van der Waals surface area contributed by atoms with Crippen molar-refractivity contribution < 1.29 is 22.0 Å². The SMILES string of the molecule is NC(=S)CN1CCN(c2c(F)c(F)c(F)c(F)c2F)CC1. The summed E-state index contributed by atoms with van der Waals surface area (Å²) >= 11 is 4.75. The van der Waals surface area contributed by atoms with Crippen LogP contribution < -0.4 is 10.6 Å². The van der Waals surface area contributed by atoms with Gasteiger partial charge in [-0.05, 0) is 0 Å². The van der Waals surface area contributed by atoms with Crippen LogP contribution in [-0.4, -0.2) is 42.6 Å². The van der Waals surface area contributed by atoms with Crippen LogP contribution >= 0.6 is 12.2 Å². The summed E-state index contributed by atoms with van der Waals surface area (Å²) in [5.41, 5.74) is 4.50. The highest BCUT2D eigenvalue weighted by atomic mass is 32.1. The molecule has 21 heavy (non-hydrogen) atoms. The summed E-state index contributed by atoms with van der Waals surface area (Å²) in [5, 5.41) is 0. The molecule has 0 spiro atoms. The van der Waals surface area contributed by atoms with Gasteiger partial charge in [-0.25, -0.2) is 22.0 Å². The van der Waals surface area contributed by atoms with E-state index in [1.165, 1.54) is 0 Å². The Kier molecular flexibility index (Phi) is 4.62. The number of nitrogens with zero attached hydrogens (tertiary/aromatic N) is 2. The maximum Gasteiger partial charge on any atom is 0.200 e. The van der Waals surface area contributed by atoms with Gasteiger partial charge >= 0.3 is 0 Å². The third-order valence-electron chi connectivity index (χ3n) is 3.25. The Morgan fingerprint density at radius 1 is 0.857 bits per heavy atom. The zero-order chi connectivity index (χ0) is 15.7. The van der Waals surface area contributed by atoms with Crippen LogP contribution in [0.4, 0.5) is 27.6 Å². The van der Waals surface area contributed by atoms with Crippen molar-refractivity contribution in [3.8, 4) is 0 Å². The largest absolute Gasteiger partial charge is 0.392 e. The fraction of sp³-hybridized carbons (Fsp3) is 0.417. The molecule has 1 fully saturated rings. The van der Waals surface area contributed by atoms with Crippen molar-refractivity contribution in [2.45, 2.75) is 0 Å². The lowest BCUT2D eigenvalue weighted by Gasteiger charge is -2.36. The number of hydrogen-bond donors (Lipinski definition) is 1. The van der Waals surface area contributed by atoms with Gasteiger partial charge in [-0.3, -0.25) is 4.90 Å². The molecule has 0 atom stereocenters. The van der Waals surface area contributed by atoms with Crippen LogP contribution in [0.3, 0.4) is 0 Å². The van der Waals surface area contributed by atoms with Crippen LogP contribution in [-0.2, 0) is 0 Å². The van der Waals surface area contributed by atoms with E-state index < -0.39 is 34.8 Å². The lowest BCUT2D eigenvalue weighted by molar-refractivity contribution is 0.288. The van der Waals surface area contributed by atoms with Crippen LogP contribution in [0.25, 0.3) is 0 Å². The molecule has 1 heterocycles. The minimum absolute atomic E-state index is 0.112. The Hall–Kier alpha value is -1.48. The molecule has 1 saturated heterocycles. The van der Waals surface area contributed by atoms with Crippen molar-refractivity contribution in [2.24, 2.45) is 5.73 Å². The number of thiocarbonyl (C=S) groups is 1. The van der Waals surface area contributed by atoms with Crippen molar-refractivity contribution in [2.75, 3.05) is 37.6 Å². The molecule has 1 aliphatic heterocycles. The van der Waals surface area contributed by atoms with Gasteiger partial charge in [0.05, 0.1) is 4.99 Å². The molecule has 0 bridgehead atoms. The molecule has 9 heteroatoms. The van der Waals surface area contributed by atoms with Gasteiger partial charge in [-0.15, -0.1) is 0 Å². The van der Waals surface area contributed by atoms with Gasteiger partial charge in [0, 0.05) is 32.7 Å². The predicted octanol–water partition coefficient (Wildman–Crippen LogP) is 1.79. The topological polar surface area (TPSA) is 32.5 Å². The van der Waals surface area contributed by atoms with E-state index in [1.54, 1.807) is 0 Å². The van der Waals surface area contributed by atoms with E-state index in [0.717, 1.165) is 4.90 Å². The number of benzene rings is 1. The summed E-state index contributed by atoms with van der Waals surface area (Å²) in [6.45, 7) is 1.29. The van der Waals surface area contributed by atoms with Crippen molar-refractivity contribution in [3.05, 3.63) is 29.1 Å². The molecule has 0 radical (unpaired) electrons. The summed E-state index contributed by atoms with van der Waals surface area (Å²) in [5.74, 6) is -9.65. The second-order valence-electron chi connectivity index (χ2n) is 4.65. The third-order valence-corrected chi connectivity index (χ3v) is 3.38. The molecule has 0 amide bonds. The van der Waals surface area contributed by atoms with Gasteiger partial charge < -0.3 is 10.6 Å². The molecule has 0 aromatic heterocycles. The maximum atomic E-state index is 13.7. The Morgan fingerprint density at radius 3 is 1.71 bits per heavy atom. The van der Waals surface area contributed by atoms with E-state index >= 15 is 0 Å². The normalized spacial score (nSPS) is 16.3. The van der Waals surface area contributed by atoms with Gasteiger partial charge in [0.15, 0.2) is 23.3 Å². The number of anilines is 1. The zero-order valence-electron chi connectivity index (χ0n) is 10.8. The first kappa shape index (κ1) is 15.9. The number of rotatable bonds is 3. The Morgan fingerprint density at radius 2 is 1.29 bits per heavy atom. The van der Waals surface area contributed by atoms with Gasteiger partial charge in [-0.2, -0.15) is 0 Å². The standard InChI is InChI=1S/C12H12F5N3S/c13-7-8(14)10(16)12(11(17)9(7)15)20-3-1-19(2-4-20)5-6(18)21/h1-5H2,(H2,18,21). The average Bonchev–Trinajstić information content (AvgIpc) is 2.44. The Bertz CT molecular complexity index is 543. The van der Waals surface area contributed by atoms with Crippen LogP contribution in [0.15, 0.2) is 0 Å². The molecule has 0 saturated carbocycles. The van der Waals surface area contributed by atoms with Crippen molar-refractivity contribution in [1.29, 1.82) is 0 Å². The first-order valence-corrected chi connectivity index (χ1v) is 6.50. The van der Waals surface area contributed by atoms with Crippen molar-refractivity contribution in [1.82, 2.24) is 4.90 Å². The monoisotopic (exact) mass is 325 g/mol. The highest BCUT2D eigenvalue weighted by Gasteiger charge is 2.30. The van der Waals surface area contributed by atoms with Crippen LogP contribution in [0.2, 0.25) is 0 Å². The first-order chi connectivity index (χ1) is 9.82. The molecular weight excluding hydrogens is 313 g/mol. The fourth-order valence-electron chi connectivity index (χ4n) is 2.22. The third kappa shape index (κ3) is 3.08. The lowest BCUT2D eigenvalue weighted by Crippen LogP contribution is -2.49. The molecule has 116 valence electrons. The summed E-state index contributed by atoms with van der Waals surface area (Å²) in [7, 11) is 0. The highest BCUT2D eigenvalue weighted by molar-refractivity contribution is 7.80. The van der Waals surface area contributed by atoms with Gasteiger partial charge in [0.25, 0.3) is 0 Å². The van der Waals surface area contributed by atoms with Crippen LogP contribution in [0.1, 0.15) is 0 Å². The van der Waals surface area contributed by atoms with E-state index in [0.29, 0.717) is 19.6 Å². The van der Waals surface area contributed by atoms with E-state index in [-0.39, 0.29) is 18.1 Å². The minimum Gasteiger partial charge on any atom is -0.392 e. The molecule has 1 aliphatic rings. The molecule has 0 unspecified atom stereocenters. The molecule has 0 aliphatic carbocycles. The lowest BCUT2D eigenvalue weighted by atomic mass is 10.2. The molecular formula is C12H12F5N3S. The summed E-state index contributed by atoms with van der Waals surface area (Å²) < 4.78 is 66.7. The molecule has 2 rings (SSSR count). The summed E-state index contributed by atoms with van der Waals surface area (Å²) in [6, 6.07) is 0. The van der Waals surface area contributed by atoms with Crippen molar-refractivity contribution >= 4 is 22.9 Å². The highest BCUT2D eigenvalue weighted by Crippen LogP contribution is 2.30. The van der Waals surface area contributed by atoms with E-state index in [4.69, 9.17) is 18.0 Å². The maximum absolute atomic E-state index is 13.7. The van der Waals surface area contributed by atoms with E-state index in [1.807, 2.05) is 4.90 Å². The smallest absolute Gasteiger partial charge is 0.200 e. The number of hydrogen-bond acceptors (Lipinski definition) is 3. The van der Waals surface area contributed by atoms with Crippen molar-refractivity contribution in [3.63, 3.8) is 0 Å². The minimum atomic E-state index is -2.15. The molecule has 3 nitrogen and oxygen atoms in total. The first-order valence-electron chi connectivity index (χ1n) is 6.10. The van der Waals surface area contributed by atoms with Crippen LogP contribution in [0.5, 0.6) is 0 Å². The van der Waals surface area contributed by atoms with Gasteiger partial charge in [0.2, 0.25) is 5.82 Å². The fourth-order valence-corrected chi connectivity index (χ4v) is 2.40. The summed E-state index contributed by atoms with van der Waals surface area (Å²) in [4.78, 5) is 3.25. The van der Waals surface area contributed by atoms with Gasteiger partial charge in [-0.1, -0.05) is 12.2 Å². The quantitative estimate of drug-likeness (QED) is 0.397. The van der Waals surface area contributed by atoms with E-state index in [2.05, 4.69) is 0 Å². The second kappa shape index (κ2) is 6.10. The van der Waals surface area contributed by atoms with Crippen LogP contribution in [0, 0.1) is 29.1 Å². The molecule has 1 aromatic carbocycles. The summed E-state index contributed by atoms with van der Waals surface area (Å²) in [6.07, 6.45) is 0. The zero-order valence-corrected chi connectivity index (χ0v) is 11.6. The number of halogens is 5. The van der Waals surface area contributed by atoms with Gasteiger partial charge in [0.1, 0.15) is 5.69 Å². The molecule has 2 N–H and O–H groups in total. The Labute approximate surface area is 123 Å². The van der Waals surface area contributed by atoms with E-state index in [9.17, 15) is 22.0 Å². The number of nitrogens with two attached hydrogens (primary N) is 1. The Balaban J connectivity index is 2.23. The number of piperazine rings is 1.